The van der Waals surface area contributed by atoms with Crippen LogP contribution in [0.1, 0.15) is 45.4 Å². The molecule has 0 unspecified atom stereocenters. The van der Waals surface area contributed by atoms with Crippen molar-refractivity contribution in [1.29, 1.82) is 0 Å². The molecule has 0 heterocycles. The van der Waals surface area contributed by atoms with Gasteiger partial charge in [-0.3, -0.25) is 4.79 Å². The second-order valence-corrected chi connectivity index (χ2v) is 6.88. The van der Waals surface area contributed by atoms with Crippen molar-refractivity contribution < 1.29 is 19.1 Å². The quantitative estimate of drug-likeness (QED) is 0.537. The highest BCUT2D eigenvalue weighted by Crippen LogP contribution is 2.31. The van der Waals surface area contributed by atoms with Crippen LogP contribution in [0.2, 0.25) is 0 Å². The third-order valence-electron chi connectivity index (χ3n) is 4.11. The Kier molecular flexibility index (Phi) is 7.09. The number of hydrogen-bond acceptors (Lipinski definition) is 4. The van der Waals surface area contributed by atoms with Crippen molar-refractivity contribution in [2.75, 3.05) is 13.2 Å². The molecule has 0 bridgehead atoms. The summed E-state index contributed by atoms with van der Waals surface area (Å²) in [5, 5.41) is 2.91. The normalized spacial score (nSPS) is 15.8. The van der Waals surface area contributed by atoms with Gasteiger partial charge in [-0.05, 0) is 44.4 Å². The smallest absolute Gasteiger partial charge is 0.331 e. The van der Waals surface area contributed by atoms with Gasteiger partial charge in [0.1, 0.15) is 11.3 Å². The molecular formula is C18H24BrNO4. The lowest BCUT2D eigenvalue weighted by Crippen LogP contribution is -2.53. The predicted molar refractivity (Wildman–Crippen MR) is 94.8 cm³/mol. The Hall–Kier alpha value is -1.56. The fraction of sp³-hybridized carbons (Fsp3) is 0.556. The monoisotopic (exact) mass is 397 g/mol. The van der Waals surface area contributed by atoms with Crippen LogP contribution in [-0.2, 0) is 14.3 Å². The zero-order chi connectivity index (χ0) is 17.4. The van der Waals surface area contributed by atoms with E-state index in [0.29, 0.717) is 38.9 Å². The highest BCUT2D eigenvalue weighted by molar-refractivity contribution is 9.10. The van der Waals surface area contributed by atoms with E-state index in [1.165, 1.54) is 0 Å². The first-order valence-electron chi connectivity index (χ1n) is 8.42. The van der Waals surface area contributed by atoms with Crippen LogP contribution in [0, 0.1) is 0 Å². The van der Waals surface area contributed by atoms with E-state index in [1.54, 1.807) is 6.92 Å². The zero-order valence-corrected chi connectivity index (χ0v) is 15.6. The third-order valence-corrected chi connectivity index (χ3v) is 4.61. The number of halogens is 1. The van der Waals surface area contributed by atoms with Crippen molar-refractivity contribution in [3.63, 3.8) is 0 Å². The molecule has 1 saturated carbocycles. The van der Waals surface area contributed by atoms with Crippen molar-refractivity contribution >= 4 is 27.8 Å². The summed E-state index contributed by atoms with van der Waals surface area (Å²) in [4.78, 5) is 24.4. The van der Waals surface area contributed by atoms with E-state index >= 15 is 0 Å². The number of ether oxygens (including phenoxy) is 2. The molecule has 2 rings (SSSR count). The van der Waals surface area contributed by atoms with Crippen molar-refractivity contribution in [1.82, 2.24) is 5.32 Å². The van der Waals surface area contributed by atoms with Gasteiger partial charge >= 0.3 is 5.97 Å². The van der Waals surface area contributed by atoms with E-state index in [-0.39, 0.29) is 11.9 Å². The largest absolute Gasteiger partial charge is 0.494 e. The van der Waals surface area contributed by atoms with Gasteiger partial charge in [0.25, 0.3) is 0 Å². The number of nitrogens with one attached hydrogen (secondary N) is 1. The Labute approximate surface area is 151 Å². The molecule has 0 aromatic heterocycles. The molecule has 24 heavy (non-hydrogen) atoms. The number of rotatable bonds is 8. The molecule has 1 N–H and O–H groups in total. The summed E-state index contributed by atoms with van der Waals surface area (Å²) >= 11 is 3.39. The first kappa shape index (κ1) is 18.8. The molecule has 0 aliphatic heterocycles. The van der Waals surface area contributed by atoms with Crippen LogP contribution >= 0.6 is 15.9 Å². The molecule has 0 radical (unpaired) electrons. The minimum atomic E-state index is -0.821. The molecule has 0 spiro atoms. The first-order chi connectivity index (χ1) is 11.6. The molecule has 1 aliphatic carbocycles. The molecule has 6 heteroatoms. The third kappa shape index (κ3) is 5.23. The van der Waals surface area contributed by atoms with Gasteiger partial charge in [0, 0.05) is 10.9 Å². The molecule has 1 fully saturated rings. The second-order valence-electron chi connectivity index (χ2n) is 5.97. The summed E-state index contributed by atoms with van der Waals surface area (Å²) in [5.74, 6) is 0.340. The zero-order valence-electron chi connectivity index (χ0n) is 14.0. The van der Waals surface area contributed by atoms with Crippen LogP contribution in [0.15, 0.2) is 28.7 Å². The van der Waals surface area contributed by atoms with Gasteiger partial charge in [-0.15, -0.1) is 0 Å². The lowest BCUT2D eigenvalue weighted by atomic mass is 9.97. The fourth-order valence-electron chi connectivity index (χ4n) is 2.94. The van der Waals surface area contributed by atoms with Crippen LogP contribution in [0.3, 0.4) is 0 Å². The highest BCUT2D eigenvalue weighted by atomic mass is 79.9. The Morgan fingerprint density at radius 3 is 2.71 bits per heavy atom. The molecule has 0 atom stereocenters. The summed E-state index contributed by atoms with van der Waals surface area (Å²) < 4.78 is 11.7. The maximum absolute atomic E-state index is 12.2. The Bertz CT molecular complexity index is 570. The fourth-order valence-corrected chi connectivity index (χ4v) is 3.32. The number of hydrogen-bond donors (Lipinski definition) is 1. The van der Waals surface area contributed by atoms with Crippen molar-refractivity contribution in [3.8, 4) is 5.75 Å². The summed E-state index contributed by atoms with van der Waals surface area (Å²) in [6.45, 7) is 2.56. The van der Waals surface area contributed by atoms with E-state index in [4.69, 9.17) is 9.47 Å². The van der Waals surface area contributed by atoms with Crippen LogP contribution in [-0.4, -0.2) is 30.6 Å². The van der Waals surface area contributed by atoms with Crippen LogP contribution < -0.4 is 10.1 Å². The van der Waals surface area contributed by atoms with E-state index in [0.717, 1.165) is 23.1 Å². The molecule has 132 valence electrons. The first-order valence-corrected chi connectivity index (χ1v) is 9.21. The molecular weight excluding hydrogens is 374 g/mol. The SMILES string of the molecule is CCOC(=O)C1(NC(=O)CCCOc2cccc(Br)c2)CCCC1. The molecule has 5 nitrogen and oxygen atoms in total. The van der Waals surface area contributed by atoms with E-state index in [9.17, 15) is 9.59 Å². The average Bonchev–Trinajstić information content (AvgIpc) is 3.02. The summed E-state index contributed by atoms with van der Waals surface area (Å²) in [6.07, 6.45) is 4.11. The number of benzene rings is 1. The van der Waals surface area contributed by atoms with E-state index in [1.807, 2.05) is 24.3 Å². The maximum Gasteiger partial charge on any atom is 0.331 e. The molecule has 0 saturated heterocycles. The standard InChI is InChI=1S/C18H24BrNO4/c1-2-23-17(22)18(10-3-4-11-18)20-16(21)9-6-12-24-15-8-5-7-14(19)13-15/h5,7-8,13H,2-4,6,9-12H2,1H3,(H,20,21). The van der Waals surface area contributed by atoms with Crippen LogP contribution in [0.25, 0.3) is 0 Å². The van der Waals surface area contributed by atoms with Crippen molar-refractivity contribution in [3.05, 3.63) is 28.7 Å². The minimum Gasteiger partial charge on any atom is -0.494 e. The Morgan fingerprint density at radius 1 is 1.29 bits per heavy atom. The summed E-state index contributed by atoms with van der Waals surface area (Å²) in [7, 11) is 0. The Balaban J connectivity index is 1.76. The second kappa shape index (κ2) is 9.06. The van der Waals surface area contributed by atoms with Crippen LogP contribution in [0.5, 0.6) is 5.75 Å². The average molecular weight is 398 g/mol. The molecule has 1 aromatic rings. The van der Waals surface area contributed by atoms with Gasteiger partial charge in [0.15, 0.2) is 0 Å². The Morgan fingerprint density at radius 2 is 2.04 bits per heavy atom. The van der Waals surface area contributed by atoms with Crippen molar-refractivity contribution in [2.24, 2.45) is 0 Å². The summed E-state index contributed by atoms with van der Waals surface area (Å²) in [5.41, 5.74) is -0.821. The number of carbonyl (C=O) groups excluding carboxylic acids is 2. The lowest BCUT2D eigenvalue weighted by molar-refractivity contribution is -0.153. The maximum atomic E-state index is 12.2. The number of amides is 1. The lowest BCUT2D eigenvalue weighted by Gasteiger charge is -2.27. The van der Waals surface area contributed by atoms with Gasteiger partial charge in [0.05, 0.1) is 13.2 Å². The topological polar surface area (TPSA) is 64.6 Å². The van der Waals surface area contributed by atoms with Gasteiger partial charge in [-0.25, -0.2) is 4.79 Å². The molecule has 1 amide bonds. The molecule has 1 aromatic carbocycles. The number of esters is 1. The van der Waals surface area contributed by atoms with E-state index in [2.05, 4.69) is 21.2 Å². The minimum absolute atomic E-state index is 0.122. The predicted octanol–water partition coefficient (Wildman–Crippen LogP) is 3.60. The van der Waals surface area contributed by atoms with Gasteiger partial charge in [-0.2, -0.15) is 0 Å². The highest BCUT2D eigenvalue weighted by Gasteiger charge is 2.43. The van der Waals surface area contributed by atoms with Gasteiger partial charge < -0.3 is 14.8 Å². The van der Waals surface area contributed by atoms with Crippen molar-refractivity contribution in [2.45, 2.75) is 51.0 Å². The van der Waals surface area contributed by atoms with Crippen LogP contribution in [0.4, 0.5) is 0 Å². The number of carbonyl (C=O) groups is 2. The van der Waals surface area contributed by atoms with Gasteiger partial charge in [0.2, 0.25) is 5.91 Å². The summed E-state index contributed by atoms with van der Waals surface area (Å²) in [6, 6.07) is 7.58. The van der Waals surface area contributed by atoms with E-state index < -0.39 is 5.54 Å². The van der Waals surface area contributed by atoms with Gasteiger partial charge in [-0.1, -0.05) is 34.8 Å². The molecule has 1 aliphatic rings.